The molecule has 1 heterocycles. The number of rotatable bonds is 5. The van der Waals surface area contributed by atoms with Gasteiger partial charge in [0.15, 0.2) is 9.84 Å². The maximum Gasteiger partial charge on any atom is 0.151 e. The van der Waals surface area contributed by atoms with Crippen molar-refractivity contribution in [3.63, 3.8) is 0 Å². The van der Waals surface area contributed by atoms with E-state index in [1.54, 1.807) is 6.92 Å². The number of nitrogens with one attached hydrogen (secondary N) is 1. The fourth-order valence-electron chi connectivity index (χ4n) is 2.48. The molecule has 2 unspecified atom stereocenters. The molecule has 1 saturated heterocycles. The zero-order valence-electron chi connectivity index (χ0n) is 11.1. The van der Waals surface area contributed by atoms with Crippen molar-refractivity contribution in [2.24, 2.45) is 5.41 Å². The van der Waals surface area contributed by atoms with Gasteiger partial charge in [0.2, 0.25) is 0 Å². The molecule has 1 aliphatic heterocycles. The molecule has 1 aliphatic rings. The molecule has 0 aromatic carbocycles. The Bertz CT molecular complexity index is 336. The Morgan fingerprint density at radius 2 is 2.12 bits per heavy atom. The van der Waals surface area contributed by atoms with Gasteiger partial charge in [-0.25, -0.2) is 8.42 Å². The highest BCUT2D eigenvalue weighted by Crippen LogP contribution is 2.22. The van der Waals surface area contributed by atoms with Gasteiger partial charge in [0.05, 0.1) is 17.6 Å². The van der Waals surface area contributed by atoms with E-state index in [1.807, 2.05) is 0 Å². The third-order valence-electron chi connectivity index (χ3n) is 3.18. The quantitative estimate of drug-likeness (QED) is 0.775. The number of sulfone groups is 1. The van der Waals surface area contributed by atoms with Crippen LogP contribution < -0.4 is 5.32 Å². The molecule has 0 aromatic heterocycles. The molecule has 0 saturated carbocycles. The lowest BCUT2D eigenvalue weighted by Crippen LogP contribution is -2.44. The fourth-order valence-corrected chi connectivity index (χ4v) is 4.15. The summed E-state index contributed by atoms with van der Waals surface area (Å²) in [5.74, 6) is 0.597. The third-order valence-corrected chi connectivity index (χ3v) is 5.00. The highest BCUT2D eigenvalue weighted by atomic mass is 32.2. The first-order chi connectivity index (χ1) is 7.70. The van der Waals surface area contributed by atoms with E-state index in [4.69, 9.17) is 0 Å². The molecule has 0 aliphatic carbocycles. The van der Waals surface area contributed by atoms with Gasteiger partial charge in [-0.05, 0) is 31.6 Å². The molecule has 0 bridgehead atoms. The van der Waals surface area contributed by atoms with Crippen molar-refractivity contribution in [1.29, 1.82) is 0 Å². The minimum absolute atomic E-state index is 0.00459. The fraction of sp³-hybridized carbons (Fsp3) is 1.00. The second kappa shape index (κ2) is 5.67. The van der Waals surface area contributed by atoms with Crippen LogP contribution in [0.15, 0.2) is 0 Å². The van der Waals surface area contributed by atoms with E-state index < -0.39 is 9.84 Å². The zero-order valence-corrected chi connectivity index (χ0v) is 11.9. The van der Waals surface area contributed by atoms with Gasteiger partial charge in [-0.1, -0.05) is 13.8 Å². The Hall–Kier alpha value is -0.130. The molecule has 2 N–H and O–H groups in total. The van der Waals surface area contributed by atoms with Gasteiger partial charge >= 0.3 is 0 Å². The highest BCUT2D eigenvalue weighted by molar-refractivity contribution is 7.91. The highest BCUT2D eigenvalue weighted by Gasteiger charge is 2.27. The minimum atomic E-state index is -2.83. The Morgan fingerprint density at radius 1 is 1.47 bits per heavy atom. The van der Waals surface area contributed by atoms with Gasteiger partial charge < -0.3 is 10.4 Å². The smallest absolute Gasteiger partial charge is 0.151 e. The lowest BCUT2D eigenvalue weighted by atomic mass is 9.86. The third kappa shape index (κ3) is 5.84. The van der Waals surface area contributed by atoms with E-state index in [2.05, 4.69) is 19.2 Å². The summed E-state index contributed by atoms with van der Waals surface area (Å²) >= 11 is 0. The first-order valence-corrected chi connectivity index (χ1v) is 8.14. The predicted octanol–water partition coefficient (Wildman–Crippen LogP) is 0.950. The topological polar surface area (TPSA) is 66.4 Å². The summed E-state index contributed by atoms with van der Waals surface area (Å²) in [5, 5.41) is 12.7. The number of hydrogen-bond acceptors (Lipinski definition) is 4. The summed E-state index contributed by atoms with van der Waals surface area (Å²) in [6.45, 7) is 6.71. The number of aliphatic hydroxyl groups is 1. The van der Waals surface area contributed by atoms with Gasteiger partial charge in [-0.2, -0.15) is 0 Å². The summed E-state index contributed by atoms with van der Waals surface area (Å²) < 4.78 is 23.0. The zero-order chi connectivity index (χ0) is 13.1. The summed E-state index contributed by atoms with van der Waals surface area (Å²) in [6.07, 6.45) is 2.10. The first kappa shape index (κ1) is 14.9. The Kier molecular flexibility index (Phi) is 4.98. The van der Waals surface area contributed by atoms with Crippen molar-refractivity contribution < 1.29 is 13.5 Å². The van der Waals surface area contributed by atoms with Crippen LogP contribution in [0.1, 0.15) is 40.0 Å². The molecule has 4 nitrogen and oxygen atoms in total. The van der Waals surface area contributed by atoms with Crippen molar-refractivity contribution in [3.8, 4) is 0 Å². The summed E-state index contributed by atoms with van der Waals surface area (Å²) in [4.78, 5) is 0. The molecule has 1 rings (SSSR count). The Labute approximate surface area is 105 Å². The molecule has 0 spiro atoms. The molecule has 102 valence electrons. The van der Waals surface area contributed by atoms with E-state index in [0.29, 0.717) is 5.75 Å². The van der Waals surface area contributed by atoms with Crippen molar-refractivity contribution in [2.45, 2.75) is 52.2 Å². The minimum Gasteiger partial charge on any atom is -0.393 e. The maximum atomic E-state index is 11.5. The van der Waals surface area contributed by atoms with Crippen LogP contribution in [0.3, 0.4) is 0 Å². The van der Waals surface area contributed by atoms with Crippen molar-refractivity contribution in [1.82, 2.24) is 5.32 Å². The molecule has 0 aromatic rings. The van der Waals surface area contributed by atoms with E-state index in [-0.39, 0.29) is 23.3 Å². The molecule has 0 amide bonds. The van der Waals surface area contributed by atoms with Crippen molar-refractivity contribution in [2.75, 3.05) is 18.1 Å². The second-order valence-corrected chi connectivity index (χ2v) is 8.28. The van der Waals surface area contributed by atoms with Gasteiger partial charge in [0.1, 0.15) is 0 Å². The molecule has 1 fully saturated rings. The van der Waals surface area contributed by atoms with Crippen LogP contribution in [0.25, 0.3) is 0 Å². The summed E-state index contributed by atoms with van der Waals surface area (Å²) in [7, 11) is -2.83. The lowest BCUT2D eigenvalue weighted by molar-refractivity contribution is 0.126. The summed E-state index contributed by atoms with van der Waals surface area (Å²) in [5.41, 5.74) is -0.00459. The number of aliphatic hydroxyl groups excluding tert-OH is 1. The van der Waals surface area contributed by atoms with Crippen LogP contribution >= 0.6 is 0 Å². The lowest BCUT2D eigenvalue weighted by Gasteiger charge is -2.30. The number of hydrogen-bond donors (Lipinski definition) is 2. The van der Waals surface area contributed by atoms with Gasteiger partial charge in [0, 0.05) is 12.6 Å². The van der Waals surface area contributed by atoms with Crippen LogP contribution in [0.2, 0.25) is 0 Å². The van der Waals surface area contributed by atoms with Crippen LogP contribution in [0.5, 0.6) is 0 Å². The van der Waals surface area contributed by atoms with Crippen LogP contribution in [-0.4, -0.2) is 43.7 Å². The monoisotopic (exact) mass is 263 g/mol. The first-order valence-electron chi connectivity index (χ1n) is 6.32. The Balaban J connectivity index is 2.40. The van der Waals surface area contributed by atoms with Crippen LogP contribution in [-0.2, 0) is 9.84 Å². The maximum absolute atomic E-state index is 11.5. The molecule has 0 radical (unpaired) electrons. The van der Waals surface area contributed by atoms with E-state index in [0.717, 1.165) is 25.8 Å². The van der Waals surface area contributed by atoms with Gasteiger partial charge in [-0.3, -0.25) is 0 Å². The molecule has 5 heteroatoms. The van der Waals surface area contributed by atoms with Crippen LogP contribution in [0.4, 0.5) is 0 Å². The van der Waals surface area contributed by atoms with Gasteiger partial charge in [0.25, 0.3) is 0 Å². The van der Waals surface area contributed by atoms with Gasteiger partial charge in [-0.15, -0.1) is 0 Å². The normalized spacial score (nSPS) is 26.7. The average Bonchev–Trinajstić information content (AvgIpc) is 2.11. The average molecular weight is 263 g/mol. The molecular formula is C12H25NO3S. The van der Waals surface area contributed by atoms with Crippen molar-refractivity contribution >= 4 is 9.84 Å². The van der Waals surface area contributed by atoms with Crippen LogP contribution in [0, 0.1) is 5.41 Å². The molecular weight excluding hydrogens is 238 g/mol. The largest absolute Gasteiger partial charge is 0.393 e. The standard InChI is InChI=1S/C12H25NO3S/c1-10(14)7-12(2,3)9-13-11-5-4-6-17(15,16)8-11/h10-11,13-14H,4-9H2,1-3H3. The van der Waals surface area contributed by atoms with E-state index in [9.17, 15) is 13.5 Å². The molecule has 17 heavy (non-hydrogen) atoms. The van der Waals surface area contributed by atoms with Crippen molar-refractivity contribution in [3.05, 3.63) is 0 Å². The predicted molar refractivity (Wildman–Crippen MR) is 69.8 cm³/mol. The van der Waals surface area contributed by atoms with E-state index in [1.165, 1.54) is 0 Å². The second-order valence-electron chi connectivity index (χ2n) is 6.05. The Morgan fingerprint density at radius 3 is 2.65 bits per heavy atom. The summed E-state index contributed by atoms with van der Waals surface area (Å²) in [6, 6.07) is 0.0852. The van der Waals surface area contributed by atoms with E-state index >= 15 is 0 Å². The molecule has 2 atom stereocenters. The SMILES string of the molecule is CC(O)CC(C)(C)CNC1CCCS(=O)(=O)C1.